The Morgan fingerprint density at radius 2 is 0.935 bits per heavy atom. The van der Waals surface area contributed by atoms with Crippen molar-refractivity contribution in [3.05, 3.63) is 157 Å². The van der Waals surface area contributed by atoms with Gasteiger partial charge < -0.3 is 4.74 Å². The number of rotatable bonds is 4. The van der Waals surface area contributed by atoms with Crippen LogP contribution in [0.25, 0.3) is 65.7 Å². The van der Waals surface area contributed by atoms with Crippen LogP contribution in [0.5, 0.6) is 11.5 Å². The molecule has 0 bridgehead atoms. The Balaban J connectivity index is 1.24. The fourth-order valence-electron chi connectivity index (χ4n) is 6.89. The number of hydrogen-bond acceptors (Lipinski definition) is 2. The van der Waals surface area contributed by atoms with Gasteiger partial charge in [-0.2, -0.15) is 0 Å². The van der Waals surface area contributed by atoms with Crippen LogP contribution < -0.4 is 4.74 Å². The van der Waals surface area contributed by atoms with Crippen LogP contribution in [0.15, 0.2) is 161 Å². The summed E-state index contributed by atoms with van der Waals surface area (Å²) in [4.78, 5) is 2.29. The van der Waals surface area contributed by atoms with E-state index in [1.165, 1.54) is 65.7 Å². The van der Waals surface area contributed by atoms with Gasteiger partial charge in [0.05, 0.1) is 9.79 Å². The molecular formula is C44H30OS. The van der Waals surface area contributed by atoms with Gasteiger partial charge in [-0.25, -0.2) is 0 Å². The summed E-state index contributed by atoms with van der Waals surface area (Å²) in [7, 11) is 0. The van der Waals surface area contributed by atoms with Crippen molar-refractivity contribution in [3.8, 4) is 44.9 Å². The molecule has 0 saturated carbocycles. The number of hydrogen-bond donors (Lipinski definition) is 0. The van der Waals surface area contributed by atoms with Crippen molar-refractivity contribution in [2.45, 2.75) is 23.1 Å². The molecule has 0 aliphatic carbocycles. The van der Waals surface area contributed by atoms with E-state index in [1.54, 1.807) is 11.8 Å². The van der Waals surface area contributed by atoms with Crippen LogP contribution in [0.4, 0.5) is 0 Å². The lowest BCUT2D eigenvalue weighted by molar-refractivity contribution is 0.455. The lowest BCUT2D eigenvalue weighted by Gasteiger charge is -2.20. The maximum absolute atomic E-state index is 6.40. The fourth-order valence-corrected chi connectivity index (χ4v) is 7.82. The Kier molecular flexibility index (Phi) is 6.43. The maximum atomic E-state index is 6.40. The zero-order valence-corrected chi connectivity index (χ0v) is 26.3. The highest BCUT2D eigenvalue weighted by atomic mass is 32.2. The van der Waals surface area contributed by atoms with E-state index in [4.69, 9.17) is 4.74 Å². The minimum atomic E-state index is 0.908. The zero-order valence-electron chi connectivity index (χ0n) is 25.5. The van der Waals surface area contributed by atoms with Crippen molar-refractivity contribution in [1.82, 2.24) is 0 Å². The summed E-state index contributed by atoms with van der Waals surface area (Å²) in [6, 6.07) is 55.4. The van der Waals surface area contributed by atoms with Gasteiger partial charge in [0.25, 0.3) is 0 Å². The molecule has 9 rings (SSSR count). The van der Waals surface area contributed by atoms with Gasteiger partial charge in [-0.1, -0.05) is 122 Å². The first-order valence-electron chi connectivity index (χ1n) is 15.9. The van der Waals surface area contributed by atoms with Crippen LogP contribution in [0.1, 0.15) is 12.5 Å². The standard InChI is InChI=1S/C44H30OS/c1-2-28-10-9-11-29(22-28)32-23-33(25-34(24-32)31-19-21-44-42(27-31)45-41-16-7-8-17-43(41)46-44)30-18-20-39-37-14-4-3-12-35(37)36-13-5-6-15-38(36)40(39)26-30/h3-27H,2H2,1H3. The van der Waals surface area contributed by atoms with Gasteiger partial charge in [0.2, 0.25) is 0 Å². The molecule has 1 heterocycles. The van der Waals surface area contributed by atoms with Crippen molar-refractivity contribution in [2.75, 3.05) is 0 Å². The summed E-state index contributed by atoms with van der Waals surface area (Å²) in [5.74, 6) is 1.82. The van der Waals surface area contributed by atoms with E-state index < -0.39 is 0 Å². The molecule has 0 aromatic heterocycles. The third-order valence-electron chi connectivity index (χ3n) is 9.25. The van der Waals surface area contributed by atoms with Gasteiger partial charge in [0.1, 0.15) is 11.5 Å². The van der Waals surface area contributed by atoms with Crippen LogP contribution in [-0.2, 0) is 6.42 Å². The van der Waals surface area contributed by atoms with Crippen LogP contribution in [0.2, 0.25) is 0 Å². The van der Waals surface area contributed by atoms with E-state index in [-0.39, 0.29) is 0 Å². The normalized spacial score (nSPS) is 12.2. The second-order valence-corrected chi connectivity index (χ2v) is 13.1. The molecule has 0 amide bonds. The molecule has 0 saturated heterocycles. The Bertz CT molecular complexity index is 2440. The molecule has 1 aliphatic rings. The molecule has 0 fully saturated rings. The largest absolute Gasteiger partial charge is 0.455 e. The molecule has 0 spiro atoms. The first-order valence-corrected chi connectivity index (χ1v) is 16.7. The van der Waals surface area contributed by atoms with Crippen molar-refractivity contribution in [1.29, 1.82) is 0 Å². The van der Waals surface area contributed by atoms with E-state index in [9.17, 15) is 0 Å². The van der Waals surface area contributed by atoms with Crippen LogP contribution in [0, 0.1) is 0 Å². The molecule has 8 aromatic carbocycles. The number of fused-ring (bicyclic) bond motifs is 8. The van der Waals surface area contributed by atoms with Crippen molar-refractivity contribution >= 4 is 44.1 Å². The summed E-state index contributed by atoms with van der Waals surface area (Å²) >= 11 is 1.77. The number of ether oxygens (including phenoxy) is 1. The Hall–Kier alpha value is -5.31. The van der Waals surface area contributed by atoms with E-state index in [2.05, 4.69) is 146 Å². The first kappa shape index (κ1) is 27.0. The summed E-state index contributed by atoms with van der Waals surface area (Å²) < 4.78 is 6.40. The van der Waals surface area contributed by atoms with E-state index in [0.717, 1.165) is 33.3 Å². The van der Waals surface area contributed by atoms with E-state index >= 15 is 0 Å². The highest BCUT2D eigenvalue weighted by Crippen LogP contribution is 2.48. The number of para-hydroxylation sites is 1. The third kappa shape index (κ3) is 4.57. The van der Waals surface area contributed by atoms with E-state index in [0.29, 0.717) is 0 Å². The molecule has 1 aliphatic heterocycles. The fraction of sp³-hybridized carbons (Fsp3) is 0.0455. The topological polar surface area (TPSA) is 9.23 Å². The van der Waals surface area contributed by atoms with Crippen molar-refractivity contribution < 1.29 is 4.74 Å². The molecule has 1 nitrogen and oxygen atoms in total. The molecule has 46 heavy (non-hydrogen) atoms. The monoisotopic (exact) mass is 606 g/mol. The zero-order chi connectivity index (χ0) is 30.6. The Morgan fingerprint density at radius 3 is 1.63 bits per heavy atom. The summed E-state index contributed by atoms with van der Waals surface area (Å²) in [5.41, 5.74) is 8.52. The average molecular weight is 607 g/mol. The summed E-state index contributed by atoms with van der Waals surface area (Å²) in [6.07, 6.45) is 1.01. The van der Waals surface area contributed by atoms with Crippen molar-refractivity contribution in [3.63, 3.8) is 0 Å². The smallest absolute Gasteiger partial charge is 0.142 e. The van der Waals surface area contributed by atoms with Crippen LogP contribution >= 0.6 is 11.8 Å². The minimum Gasteiger partial charge on any atom is -0.455 e. The second-order valence-electron chi connectivity index (χ2n) is 12.0. The van der Waals surface area contributed by atoms with Gasteiger partial charge in [0, 0.05) is 0 Å². The Labute approximate surface area is 273 Å². The summed E-state index contributed by atoms with van der Waals surface area (Å²) in [6.45, 7) is 2.22. The highest BCUT2D eigenvalue weighted by molar-refractivity contribution is 7.99. The predicted octanol–water partition coefficient (Wildman–Crippen LogP) is 13.0. The lowest BCUT2D eigenvalue weighted by Crippen LogP contribution is -1.95. The van der Waals surface area contributed by atoms with Crippen LogP contribution in [-0.4, -0.2) is 0 Å². The van der Waals surface area contributed by atoms with Crippen LogP contribution in [0.3, 0.4) is 0 Å². The number of aryl methyl sites for hydroxylation is 1. The SMILES string of the molecule is CCc1cccc(-c2cc(-c3ccc4c(c3)Oc3ccccc3S4)cc(-c3ccc4c5ccccc5c5ccccc5c4c3)c2)c1. The molecule has 8 aromatic rings. The molecule has 2 heteroatoms. The molecule has 0 unspecified atom stereocenters. The van der Waals surface area contributed by atoms with Crippen molar-refractivity contribution in [2.24, 2.45) is 0 Å². The molecular weight excluding hydrogens is 577 g/mol. The lowest BCUT2D eigenvalue weighted by atomic mass is 9.89. The van der Waals surface area contributed by atoms with Gasteiger partial charge in [-0.15, -0.1) is 0 Å². The molecule has 0 radical (unpaired) electrons. The van der Waals surface area contributed by atoms with Gasteiger partial charge in [0.15, 0.2) is 0 Å². The first-order chi connectivity index (χ1) is 22.7. The minimum absolute atomic E-state index is 0.908. The Morgan fingerprint density at radius 1 is 0.391 bits per heavy atom. The van der Waals surface area contributed by atoms with Gasteiger partial charge in [-0.3, -0.25) is 0 Å². The summed E-state index contributed by atoms with van der Waals surface area (Å²) in [5, 5.41) is 7.74. The van der Waals surface area contributed by atoms with E-state index in [1.807, 2.05) is 12.1 Å². The quantitative estimate of drug-likeness (QED) is 0.184. The molecule has 218 valence electrons. The number of benzene rings is 8. The second kappa shape index (κ2) is 10.9. The highest BCUT2D eigenvalue weighted by Gasteiger charge is 2.19. The third-order valence-corrected chi connectivity index (χ3v) is 10.4. The molecule has 0 atom stereocenters. The predicted molar refractivity (Wildman–Crippen MR) is 195 cm³/mol. The molecule has 0 N–H and O–H groups in total. The average Bonchev–Trinajstić information content (AvgIpc) is 3.13. The maximum Gasteiger partial charge on any atom is 0.142 e. The van der Waals surface area contributed by atoms with Gasteiger partial charge in [-0.05, 0) is 126 Å². The van der Waals surface area contributed by atoms with Gasteiger partial charge >= 0.3 is 0 Å².